The number of ether oxygens (including phenoxy) is 1. The van der Waals surface area contributed by atoms with E-state index in [1.807, 2.05) is 19.1 Å². The average molecular weight is 253 g/mol. The second kappa shape index (κ2) is 5.21. The third-order valence-corrected chi connectivity index (χ3v) is 2.59. The minimum absolute atomic E-state index is 0.288. The highest BCUT2D eigenvalue weighted by Gasteiger charge is 2.06. The number of hydrogen-bond donors (Lipinski definition) is 1. The van der Waals surface area contributed by atoms with E-state index in [-0.39, 0.29) is 6.61 Å². The van der Waals surface area contributed by atoms with Crippen LogP contribution in [0.15, 0.2) is 28.8 Å². The van der Waals surface area contributed by atoms with E-state index in [1.54, 1.807) is 12.1 Å². The van der Waals surface area contributed by atoms with Crippen LogP contribution in [0.1, 0.15) is 17.0 Å². The van der Waals surface area contributed by atoms with Gasteiger partial charge in [-0.05, 0) is 24.6 Å². The Morgan fingerprint density at radius 3 is 2.94 bits per heavy atom. The molecule has 0 saturated carbocycles. The summed E-state index contributed by atoms with van der Waals surface area (Å²) in [6.07, 6.45) is 0. The van der Waals surface area contributed by atoms with Gasteiger partial charge in [-0.3, -0.25) is 0 Å². The number of halogens is 1. The molecule has 0 aliphatic heterocycles. The molecule has 90 valence electrons. The number of aryl methyl sites for hydroxylation is 1. The summed E-state index contributed by atoms with van der Waals surface area (Å²) < 4.78 is 10.6. The fourth-order valence-electron chi connectivity index (χ4n) is 1.39. The topological polar surface area (TPSA) is 61.3 Å². The summed E-state index contributed by atoms with van der Waals surface area (Å²) in [5, 5.41) is 4.35. The molecular formula is C12H13ClN2O2. The molecule has 0 spiro atoms. The van der Waals surface area contributed by atoms with Crippen LogP contribution >= 0.6 is 11.6 Å². The van der Waals surface area contributed by atoms with Crippen LogP contribution in [-0.2, 0) is 13.2 Å². The minimum Gasteiger partial charge on any atom is -0.484 e. The summed E-state index contributed by atoms with van der Waals surface area (Å²) >= 11 is 6.00. The zero-order valence-corrected chi connectivity index (χ0v) is 10.2. The summed E-state index contributed by atoms with van der Waals surface area (Å²) in [6.45, 7) is 2.62. The molecule has 1 aromatic heterocycles. The van der Waals surface area contributed by atoms with Crippen LogP contribution in [0, 0.1) is 6.92 Å². The van der Waals surface area contributed by atoms with Crippen molar-refractivity contribution in [3.05, 3.63) is 46.3 Å². The Bertz CT molecular complexity index is 511. The molecule has 1 heterocycles. The van der Waals surface area contributed by atoms with Crippen molar-refractivity contribution in [2.24, 2.45) is 5.73 Å². The number of benzene rings is 1. The fourth-order valence-corrected chi connectivity index (χ4v) is 1.56. The Labute approximate surface area is 104 Å². The van der Waals surface area contributed by atoms with E-state index in [0.717, 1.165) is 5.56 Å². The highest BCUT2D eigenvalue weighted by atomic mass is 35.5. The van der Waals surface area contributed by atoms with Crippen LogP contribution < -0.4 is 10.5 Å². The van der Waals surface area contributed by atoms with Gasteiger partial charge in [-0.2, -0.15) is 0 Å². The van der Waals surface area contributed by atoms with Gasteiger partial charge in [0.05, 0.1) is 10.7 Å². The first-order valence-corrected chi connectivity index (χ1v) is 5.60. The number of rotatable bonds is 4. The predicted octanol–water partition coefficient (Wildman–Crippen LogP) is 2.67. The van der Waals surface area contributed by atoms with Gasteiger partial charge < -0.3 is 15.0 Å². The third kappa shape index (κ3) is 2.99. The quantitative estimate of drug-likeness (QED) is 0.909. The van der Waals surface area contributed by atoms with Gasteiger partial charge >= 0.3 is 0 Å². The molecule has 0 aliphatic carbocycles. The van der Waals surface area contributed by atoms with Gasteiger partial charge in [0.25, 0.3) is 0 Å². The van der Waals surface area contributed by atoms with Crippen molar-refractivity contribution >= 4 is 11.6 Å². The smallest absolute Gasteiger partial charge is 0.174 e. The van der Waals surface area contributed by atoms with Gasteiger partial charge in [0.1, 0.15) is 12.4 Å². The molecule has 1 aromatic carbocycles. The van der Waals surface area contributed by atoms with E-state index in [9.17, 15) is 0 Å². The van der Waals surface area contributed by atoms with Crippen LogP contribution in [0.4, 0.5) is 0 Å². The lowest BCUT2D eigenvalue weighted by molar-refractivity contribution is 0.248. The molecule has 4 nitrogen and oxygen atoms in total. The Balaban J connectivity index is 2.04. The second-order valence-electron chi connectivity index (χ2n) is 3.71. The number of hydrogen-bond acceptors (Lipinski definition) is 4. The summed E-state index contributed by atoms with van der Waals surface area (Å²) in [5.41, 5.74) is 7.22. The van der Waals surface area contributed by atoms with Crippen molar-refractivity contribution in [3.8, 4) is 5.75 Å². The molecule has 2 rings (SSSR count). The lowest BCUT2D eigenvalue weighted by Gasteiger charge is -2.06. The van der Waals surface area contributed by atoms with E-state index in [4.69, 9.17) is 26.6 Å². The summed E-state index contributed by atoms with van der Waals surface area (Å²) in [5.74, 6) is 1.26. The SMILES string of the molecule is Cc1ccc(Cl)c(OCc2cc(CN)no2)c1. The van der Waals surface area contributed by atoms with Crippen LogP contribution in [0.3, 0.4) is 0 Å². The molecule has 0 fully saturated rings. The van der Waals surface area contributed by atoms with Crippen LogP contribution in [-0.4, -0.2) is 5.16 Å². The van der Waals surface area contributed by atoms with Crippen molar-refractivity contribution in [1.29, 1.82) is 0 Å². The first-order chi connectivity index (χ1) is 8.19. The summed E-state index contributed by atoms with van der Waals surface area (Å²) in [7, 11) is 0. The van der Waals surface area contributed by atoms with Crippen molar-refractivity contribution in [3.63, 3.8) is 0 Å². The molecule has 0 aliphatic rings. The van der Waals surface area contributed by atoms with E-state index in [2.05, 4.69) is 5.16 Å². The number of nitrogens with zero attached hydrogens (tertiary/aromatic N) is 1. The third-order valence-electron chi connectivity index (χ3n) is 2.27. The summed E-state index contributed by atoms with van der Waals surface area (Å²) in [4.78, 5) is 0. The monoisotopic (exact) mass is 252 g/mol. The van der Waals surface area contributed by atoms with Crippen molar-refractivity contribution in [2.45, 2.75) is 20.1 Å². The van der Waals surface area contributed by atoms with Gasteiger partial charge in [-0.15, -0.1) is 0 Å². The van der Waals surface area contributed by atoms with Crippen LogP contribution in [0.25, 0.3) is 0 Å². The molecule has 0 unspecified atom stereocenters. The lowest BCUT2D eigenvalue weighted by atomic mass is 10.2. The largest absolute Gasteiger partial charge is 0.484 e. The first kappa shape index (κ1) is 12.0. The van der Waals surface area contributed by atoms with Crippen molar-refractivity contribution in [1.82, 2.24) is 5.16 Å². The van der Waals surface area contributed by atoms with Crippen LogP contribution in [0.5, 0.6) is 5.75 Å². The van der Waals surface area contributed by atoms with Crippen LogP contribution in [0.2, 0.25) is 5.02 Å². The normalized spacial score (nSPS) is 10.5. The Hall–Kier alpha value is -1.52. The Morgan fingerprint density at radius 1 is 1.41 bits per heavy atom. The van der Waals surface area contributed by atoms with E-state index in [0.29, 0.717) is 28.8 Å². The molecule has 2 aromatic rings. The molecule has 0 atom stereocenters. The molecule has 2 N–H and O–H groups in total. The second-order valence-corrected chi connectivity index (χ2v) is 4.12. The highest BCUT2D eigenvalue weighted by Crippen LogP contribution is 2.26. The molecular weight excluding hydrogens is 240 g/mol. The van der Waals surface area contributed by atoms with Gasteiger partial charge in [0.2, 0.25) is 0 Å². The van der Waals surface area contributed by atoms with Gasteiger partial charge in [-0.1, -0.05) is 22.8 Å². The molecule has 5 heteroatoms. The van der Waals surface area contributed by atoms with Gasteiger partial charge in [-0.25, -0.2) is 0 Å². The fraction of sp³-hybridized carbons (Fsp3) is 0.250. The Kier molecular flexibility index (Phi) is 3.66. The van der Waals surface area contributed by atoms with Gasteiger partial charge in [0.15, 0.2) is 5.76 Å². The predicted molar refractivity (Wildman–Crippen MR) is 64.9 cm³/mol. The zero-order valence-electron chi connectivity index (χ0n) is 9.44. The van der Waals surface area contributed by atoms with Crippen molar-refractivity contribution in [2.75, 3.05) is 0 Å². The average Bonchev–Trinajstić information content (AvgIpc) is 2.78. The molecule has 0 bridgehead atoms. The highest BCUT2D eigenvalue weighted by molar-refractivity contribution is 6.32. The molecule has 17 heavy (non-hydrogen) atoms. The van der Waals surface area contributed by atoms with Gasteiger partial charge in [0, 0.05) is 12.6 Å². The summed E-state index contributed by atoms with van der Waals surface area (Å²) in [6, 6.07) is 7.38. The zero-order chi connectivity index (χ0) is 12.3. The molecule has 0 amide bonds. The van der Waals surface area contributed by atoms with E-state index in [1.165, 1.54) is 0 Å². The maximum Gasteiger partial charge on any atom is 0.174 e. The standard InChI is InChI=1S/C12H13ClN2O2/c1-8-2-3-11(13)12(4-8)16-7-10-5-9(6-14)15-17-10/h2-5H,6-7,14H2,1H3. The lowest BCUT2D eigenvalue weighted by Crippen LogP contribution is -1.96. The maximum atomic E-state index is 6.00. The van der Waals surface area contributed by atoms with Crippen molar-refractivity contribution < 1.29 is 9.26 Å². The van der Waals surface area contributed by atoms with E-state index < -0.39 is 0 Å². The maximum absolute atomic E-state index is 6.00. The molecule has 0 saturated heterocycles. The number of aromatic nitrogens is 1. The molecule has 0 radical (unpaired) electrons. The Morgan fingerprint density at radius 2 is 2.24 bits per heavy atom. The minimum atomic E-state index is 0.288. The van der Waals surface area contributed by atoms with E-state index >= 15 is 0 Å². The number of nitrogens with two attached hydrogens (primary N) is 1. The first-order valence-electron chi connectivity index (χ1n) is 5.22.